The molecule has 0 atom stereocenters. The number of carbonyl (C=O) groups is 1. The van der Waals surface area contributed by atoms with Crippen molar-refractivity contribution in [2.75, 3.05) is 6.54 Å². The number of carbonyl (C=O) groups excluding carboxylic acids is 1. The summed E-state index contributed by atoms with van der Waals surface area (Å²) in [7, 11) is 0. The first-order valence-electron chi connectivity index (χ1n) is 4.01. The predicted molar refractivity (Wildman–Crippen MR) is 49.7 cm³/mol. The topological polar surface area (TPSA) is 137 Å². The number of amides is 1. The van der Waals surface area contributed by atoms with Crippen LogP contribution in [0.5, 0.6) is 0 Å². The van der Waals surface area contributed by atoms with E-state index in [9.17, 15) is 14.9 Å². The minimum Gasteiger partial charge on any atom is -0.370 e. The van der Waals surface area contributed by atoms with E-state index in [2.05, 4.69) is 4.99 Å². The van der Waals surface area contributed by atoms with Crippen LogP contribution in [0.4, 0.5) is 0 Å². The zero-order chi connectivity index (χ0) is 11.0. The summed E-state index contributed by atoms with van der Waals surface area (Å²) in [5.41, 5.74) is 11.7. The first-order valence-corrected chi connectivity index (χ1v) is 4.01. The Morgan fingerprint density at radius 2 is 2.07 bits per heavy atom. The fourth-order valence-corrected chi connectivity index (χ4v) is 0.739. The summed E-state index contributed by atoms with van der Waals surface area (Å²) in [6.45, 7) is 0.333. The van der Waals surface area contributed by atoms with E-state index in [0.29, 0.717) is 19.4 Å². The van der Waals surface area contributed by atoms with Gasteiger partial charge in [-0.15, -0.1) is 0 Å². The lowest BCUT2D eigenvalue weighted by molar-refractivity contribution is -0.525. The van der Waals surface area contributed by atoms with E-state index in [1.165, 1.54) is 0 Å². The third-order valence-electron chi connectivity index (χ3n) is 1.32. The van der Waals surface area contributed by atoms with Crippen LogP contribution in [0.1, 0.15) is 19.3 Å². The van der Waals surface area contributed by atoms with E-state index in [0.717, 1.165) is 0 Å². The molecule has 8 heteroatoms. The highest BCUT2D eigenvalue weighted by Crippen LogP contribution is 1.93. The Labute approximate surface area is 80.5 Å². The van der Waals surface area contributed by atoms with Crippen molar-refractivity contribution in [3.8, 4) is 0 Å². The number of hydrazine groups is 1. The second-order valence-corrected chi connectivity index (χ2v) is 2.56. The predicted octanol–water partition coefficient (Wildman–Crippen LogP) is -1.26. The van der Waals surface area contributed by atoms with Crippen molar-refractivity contribution in [3.63, 3.8) is 0 Å². The Morgan fingerprint density at radius 1 is 1.43 bits per heavy atom. The number of rotatable bonds is 6. The van der Waals surface area contributed by atoms with Crippen LogP contribution in [0.25, 0.3) is 0 Å². The number of hydrogen-bond donors (Lipinski definition) is 3. The number of hydrogen-bond acceptors (Lipinski definition) is 4. The normalized spacial score (nSPS) is 11.0. The molecule has 80 valence electrons. The van der Waals surface area contributed by atoms with Crippen LogP contribution in [-0.4, -0.2) is 23.4 Å². The molecule has 0 aliphatic rings. The molecule has 0 radical (unpaired) electrons. The molecule has 0 heterocycles. The minimum absolute atomic E-state index is 0.242. The molecule has 0 aliphatic carbocycles. The van der Waals surface area contributed by atoms with E-state index < -0.39 is 5.03 Å². The van der Waals surface area contributed by atoms with Crippen LogP contribution >= 0.6 is 0 Å². The number of aliphatic imine (C=N–C) groups is 1. The Kier molecular flexibility index (Phi) is 5.75. The van der Waals surface area contributed by atoms with Gasteiger partial charge in [0.2, 0.25) is 5.91 Å². The molecule has 0 rings (SSSR count). The van der Waals surface area contributed by atoms with Crippen molar-refractivity contribution in [2.24, 2.45) is 16.5 Å². The lowest BCUT2D eigenvalue weighted by atomic mass is 10.2. The molecule has 0 bridgehead atoms. The van der Waals surface area contributed by atoms with Gasteiger partial charge in [-0.2, -0.15) is 0 Å². The summed E-state index contributed by atoms with van der Waals surface area (Å²) in [6.07, 6.45) is 1.51. The summed E-state index contributed by atoms with van der Waals surface area (Å²) < 4.78 is 0. The molecule has 5 N–H and O–H groups in total. The van der Waals surface area contributed by atoms with E-state index in [1.807, 2.05) is 0 Å². The molecule has 1 amide bonds. The van der Waals surface area contributed by atoms with Gasteiger partial charge >= 0.3 is 0 Å². The number of nitrogens with zero attached hydrogens (tertiary/aromatic N) is 2. The van der Waals surface area contributed by atoms with Crippen molar-refractivity contribution in [1.29, 1.82) is 0 Å². The Hall–Kier alpha value is -1.86. The van der Waals surface area contributed by atoms with Crippen LogP contribution in [0, 0.1) is 10.1 Å². The van der Waals surface area contributed by atoms with Crippen molar-refractivity contribution < 1.29 is 9.83 Å². The third-order valence-corrected chi connectivity index (χ3v) is 1.32. The maximum absolute atomic E-state index is 10.3. The van der Waals surface area contributed by atoms with E-state index >= 15 is 0 Å². The molecule has 0 fully saturated rings. The molecule has 0 saturated carbocycles. The van der Waals surface area contributed by atoms with Gasteiger partial charge in [-0.1, -0.05) is 5.43 Å². The van der Waals surface area contributed by atoms with Gasteiger partial charge in [0.25, 0.3) is 5.96 Å². The monoisotopic (exact) mass is 203 g/mol. The van der Waals surface area contributed by atoms with Gasteiger partial charge in [-0.25, -0.2) is 15.1 Å². The van der Waals surface area contributed by atoms with Gasteiger partial charge in [0.1, 0.15) is 0 Å². The van der Waals surface area contributed by atoms with Gasteiger partial charge < -0.3 is 11.5 Å². The van der Waals surface area contributed by atoms with E-state index in [-0.39, 0.29) is 18.3 Å². The molecule has 0 saturated heterocycles. The Bertz CT molecular complexity index is 240. The van der Waals surface area contributed by atoms with Crippen LogP contribution in [-0.2, 0) is 4.79 Å². The maximum Gasteiger partial charge on any atom is 0.251 e. The summed E-state index contributed by atoms with van der Waals surface area (Å²) in [6, 6.07) is 0. The Balaban J connectivity index is 3.50. The van der Waals surface area contributed by atoms with Gasteiger partial charge in [0.05, 0.1) is 0 Å². The van der Waals surface area contributed by atoms with Crippen molar-refractivity contribution in [3.05, 3.63) is 10.1 Å². The molecule has 0 aromatic heterocycles. The fraction of sp³-hybridized carbons (Fsp3) is 0.667. The van der Waals surface area contributed by atoms with Gasteiger partial charge in [-0.3, -0.25) is 4.79 Å². The number of guanidine groups is 1. The SMILES string of the molecule is NC(=O)CCCCN=C(N)N[N+](=O)[O-]. The summed E-state index contributed by atoms with van der Waals surface area (Å²) in [4.78, 5) is 23.8. The highest BCUT2D eigenvalue weighted by atomic mass is 16.7. The van der Waals surface area contributed by atoms with Gasteiger partial charge in [0, 0.05) is 13.0 Å². The van der Waals surface area contributed by atoms with Crippen molar-refractivity contribution >= 4 is 11.9 Å². The molecule has 8 nitrogen and oxygen atoms in total. The first-order chi connectivity index (χ1) is 6.52. The van der Waals surface area contributed by atoms with Crippen LogP contribution in [0.15, 0.2) is 4.99 Å². The fourth-order valence-electron chi connectivity index (χ4n) is 0.739. The molecular weight excluding hydrogens is 190 g/mol. The third kappa shape index (κ3) is 8.24. The van der Waals surface area contributed by atoms with Crippen molar-refractivity contribution in [2.45, 2.75) is 19.3 Å². The number of primary amides is 1. The summed E-state index contributed by atoms with van der Waals surface area (Å²) in [5.74, 6) is -0.612. The highest BCUT2D eigenvalue weighted by Gasteiger charge is 1.98. The zero-order valence-corrected chi connectivity index (χ0v) is 7.60. The standard InChI is InChI=1S/C6H13N5O3/c7-5(12)3-1-2-4-9-6(8)10-11(13)14/h1-4H2,(H2,7,12)(H3,8,9,10). The molecule has 0 unspecified atom stereocenters. The van der Waals surface area contributed by atoms with Crippen LogP contribution in [0.2, 0.25) is 0 Å². The number of nitrogens with two attached hydrogens (primary N) is 2. The molecule has 0 aromatic carbocycles. The Morgan fingerprint density at radius 3 is 2.57 bits per heavy atom. The first kappa shape index (κ1) is 12.1. The summed E-state index contributed by atoms with van der Waals surface area (Å²) in [5, 5.41) is 9.07. The highest BCUT2D eigenvalue weighted by molar-refractivity contribution is 5.76. The largest absolute Gasteiger partial charge is 0.370 e. The van der Waals surface area contributed by atoms with Gasteiger partial charge in [-0.05, 0) is 12.8 Å². The molecule has 14 heavy (non-hydrogen) atoms. The van der Waals surface area contributed by atoms with Crippen molar-refractivity contribution in [1.82, 2.24) is 5.43 Å². The van der Waals surface area contributed by atoms with Crippen LogP contribution in [0.3, 0.4) is 0 Å². The average Bonchev–Trinajstić information content (AvgIpc) is 2.01. The molecular formula is C6H13N5O3. The van der Waals surface area contributed by atoms with Crippen LogP contribution < -0.4 is 16.9 Å². The number of nitro groups is 1. The quantitative estimate of drug-likeness (QED) is 0.163. The smallest absolute Gasteiger partial charge is 0.251 e. The second kappa shape index (κ2) is 6.63. The van der Waals surface area contributed by atoms with E-state index in [1.54, 1.807) is 5.43 Å². The maximum atomic E-state index is 10.3. The lowest BCUT2D eigenvalue weighted by Gasteiger charge is -1.96. The molecule has 0 aliphatic heterocycles. The van der Waals surface area contributed by atoms with Gasteiger partial charge in [0.15, 0.2) is 5.03 Å². The number of nitrogens with one attached hydrogen (secondary N) is 1. The second-order valence-electron chi connectivity index (χ2n) is 2.56. The number of unbranched alkanes of at least 4 members (excludes halogenated alkanes) is 1. The minimum atomic E-state index is -0.789. The zero-order valence-electron chi connectivity index (χ0n) is 7.60. The summed E-state index contributed by atoms with van der Waals surface area (Å²) >= 11 is 0. The molecule has 0 spiro atoms. The van der Waals surface area contributed by atoms with E-state index in [4.69, 9.17) is 11.5 Å². The average molecular weight is 203 g/mol. The molecule has 0 aromatic rings. The lowest BCUT2D eigenvalue weighted by Crippen LogP contribution is -2.36.